The molecule has 0 aliphatic heterocycles. The number of aromatic nitrogens is 4. The summed E-state index contributed by atoms with van der Waals surface area (Å²) in [6.07, 6.45) is -5.66. The number of aliphatic hydroxyl groups excluding tert-OH is 1. The van der Waals surface area contributed by atoms with E-state index in [1.807, 2.05) is 0 Å². The van der Waals surface area contributed by atoms with Gasteiger partial charge in [0.2, 0.25) is 0 Å². The molecule has 0 saturated heterocycles. The number of nitrogens with one attached hydrogen (secondary N) is 1. The molecule has 14 heteroatoms. The zero-order chi connectivity index (χ0) is 27.6. The van der Waals surface area contributed by atoms with Crippen molar-refractivity contribution in [1.82, 2.24) is 9.55 Å². The van der Waals surface area contributed by atoms with E-state index in [0.29, 0.717) is 5.02 Å². The Morgan fingerprint density at radius 3 is 2.47 bits per heavy atom. The lowest BCUT2D eigenvalue weighted by Crippen LogP contribution is -2.46. The lowest BCUT2D eigenvalue weighted by Gasteiger charge is -2.12. The molecule has 0 radical (unpaired) electrons. The Bertz CT molecular complexity index is 1500. The number of fused-ring (bicyclic) bond motifs is 1. The van der Waals surface area contributed by atoms with Crippen LogP contribution in [0.25, 0.3) is 11.2 Å². The van der Waals surface area contributed by atoms with E-state index in [1.54, 1.807) is 24.3 Å². The fraction of sp³-hybridized carbons (Fsp3) is 0.292. The Kier molecular flexibility index (Phi) is 7.81. The highest BCUT2D eigenvalue weighted by atomic mass is 35.5. The number of aromatic hydroxyl groups is 1. The molecule has 0 saturated carbocycles. The van der Waals surface area contributed by atoms with Gasteiger partial charge in [-0.15, -0.1) is 13.2 Å². The summed E-state index contributed by atoms with van der Waals surface area (Å²) in [5.41, 5.74) is 0.366. The molecule has 0 aliphatic carbocycles. The number of aryl methyl sites for hydroxylation is 1. The summed E-state index contributed by atoms with van der Waals surface area (Å²) >= 11 is 6.00. The minimum absolute atomic E-state index is 0.00455. The maximum absolute atomic E-state index is 13.6. The van der Waals surface area contributed by atoms with Gasteiger partial charge in [0.1, 0.15) is 30.7 Å². The maximum atomic E-state index is 13.6. The average Bonchev–Trinajstić information content (AvgIpc) is 3.21. The Balaban J connectivity index is 1.87. The van der Waals surface area contributed by atoms with Gasteiger partial charge < -0.3 is 24.4 Å². The summed E-state index contributed by atoms with van der Waals surface area (Å²) in [7, 11) is 2.86. The highest BCUT2D eigenvalue weighted by molar-refractivity contribution is 6.30. The zero-order valence-corrected chi connectivity index (χ0v) is 21.0. The van der Waals surface area contributed by atoms with Crippen LogP contribution in [0.4, 0.5) is 13.2 Å². The molecule has 4 rings (SSSR count). The summed E-state index contributed by atoms with van der Waals surface area (Å²) in [4.78, 5) is 16.5. The fourth-order valence-electron chi connectivity index (χ4n) is 3.84. The third kappa shape index (κ3) is 5.85. The second-order valence-electron chi connectivity index (χ2n) is 8.28. The third-order valence-corrected chi connectivity index (χ3v) is 5.97. The first kappa shape index (κ1) is 27.2. The van der Waals surface area contributed by atoms with Crippen LogP contribution in [0.2, 0.25) is 5.02 Å². The normalized spacial score (nSPS) is 12.6. The molecular weight excluding hydrogens is 533 g/mol. The van der Waals surface area contributed by atoms with Gasteiger partial charge in [0.15, 0.2) is 0 Å². The number of nitrogens with zero attached hydrogens (tertiary/aromatic N) is 3. The largest absolute Gasteiger partial charge is 0.573 e. The van der Waals surface area contributed by atoms with Crippen molar-refractivity contribution in [3.8, 4) is 23.5 Å². The van der Waals surface area contributed by atoms with Gasteiger partial charge in [-0.2, -0.15) is 18.7 Å². The monoisotopic (exact) mass is 556 g/mol. The lowest BCUT2D eigenvalue weighted by molar-refractivity contribution is -0.678. The Labute approximate surface area is 218 Å². The van der Waals surface area contributed by atoms with Crippen LogP contribution in [-0.2, 0) is 24.9 Å². The van der Waals surface area contributed by atoms with E-state index < -0.39 is 36.4 Å². The maximum Gasteiger partial charge on any atom is 0.573 e. The van der Waals surface area contributed by atoms with Crippen molar-refractivity contribution in [2.24, 2.45) is 7.05 Å². The van der Waals surface area contributed by atoms with Crippen molar-refractivity contribution in [2.75, 3.05) is 13.7 Å². The predicted molar refractivity (Wildman–Crippen MR) is 127 cm³/mol. The number of ether oxygens (including phenoxy) is 3. The SMILES string of the molecule is COC(CO)Cn1c(O)[n+](C)c2[nH]c(Oc3cccc(OC(F)(F)F)c3)[n+](Cc3ccc(Cl)cc3)c2c1=O. The van der Waals surface area contributed by atoms with Crippen molar-refractivity contribution in [2.45, 2.75) is 25.6 Å². The van der Waals surface area contributed by atoms with Crippen LogP contribution in [0.1, 0.15) is 5.56 Å². The number of methoxy groups -OCH3 is 1. The van der Waals surface area contributed by atoms with Gasteiger partial charge in [-0.3, -0.25) is 0 Å². The van der Waals surface area contributed by atoms with E-state index in [-0.39, 0.29) is 36.0 Å². The Morgan fingerprint density at radius 2 is 1.84 bits per heavy atom. The number of hydrogen-bond acceptors (Lipinski definition) is 6. The van der Waals surface area contributed by atoms with Gasteiger partial charge in [0, 0.05) is 18.2 Å². The van der Waals surface area contributed by atoms with Gasteiger partial charge in [0.05, 0.1) is 13.7 Å². The molecular formula is C24H24ClF3N4O6+2. The first-order valence-corrected chi connectivity index (χ1v) is 11.6. The zero-order valence-electron chi connectivity index (χ0n) is 20.2. The molecule has 2 aromatic heterocycles. The summed E-state index contributed by atoms with van der Waals surface area (Å²) in [6.45, 7) is -0.452. The summed E-state index contributed by atoms with van der Waals surface area (Å²) in [5, 5.41) is 20.8. The minimum Gasteiger partial charge on any atom is -0.458 e. The van der Waals surface area contributed by atoms with Crippen LogP contribution in [0.5, 0.6) is 23.5 Å². The molecule has 1 unspecified atom stereocenters. The molecule has 0 bridgehead atoms. The van der Waals surface area contributed by atoms with Crippen molar-refractivity contribution in [3.05, 3.63) is 69.5 Å². The van der Waals surface area contributed by atoms with Crippen molar-refractivity contribution in [1.29, 1.82) is 0 Å². The van der Waals surface area contributed by atoms with Crippen LogP contribution >= 0.6 is 11.6 Å². The smallest absolute Gasteiger partial charge is 0.458 e. The van der Waals surface area contributed by atoms with Gasteiger partial charge in [0.25, 0.3) is 5.52 Å². The van der Waals surface area contributed by atoms with Gasteiger partial charge in [-0.05, 0) is 29.8 Å². The molecule has 0 amide bonds. The number of imidazole rings is 1. The second-order valence-corrected chi connectivity index (χ2v) is 8.72. The average molecular weight is 557 g/mol. The van der Waals surface area contributed by atoms with E-state index in [2.05, 4.69) is 9.72 Å². The van der Waals surface area contributed by atoms with Crippen LogP contribution in [0, 0.1) is 0 Å². The predicted octanol–water partition coefficient (Wildman–Crippen LogP) is 2.55. The van der Waals surface area contributed by atoms with Crippen LogP contribution in [0.15, 0.2) is 53.3 Å². The number of benzene rings is 2. The van der Waals surface area contributed by atoms with Crippen molar-refractivity contribution >= 4 is 22.8 Å². The quantitative estimate of drug-likeness (QED) is 0.273. The Hall–Kier alpha value is -3.81. The first-order valence-electron chi connectivity index (χ1n) is 11.2. The van der Waals surface area contributed by atoms with Crippen LogP contribution < -0.4 is 24.2 Å². The van der Waals surface area contributed by atoms with Crippen molar-refractivity contribution in [3.63, 3.8) is 0 Å². The number of aromatic amines is 1. The third-order valence-electron chi connectivity index (χ3n) is 5.72. The first-order chi connectivity index (χ1) is 18.0. The molecule has 2 heterocycles. The molecule has 0 aliphatic rings. The number of rotatable bonds is 9. The van der Waals surface area contributed by atoms with E-state index >= 15 is 0 Å². The summed E-state index contributed by atoms with van der Waals surface area (Å²) in [5.74, 6) is -0.495. The summed E-state index contributed by atoms with van der Waals surface area (Å²) < 4.78 is 57.0. The Morgan fingerprint density at radius 1 is 1.16 bits per heavy atom. The van der Waals surface area contributed by atoms with E-state index in [1.165, 1.54) is 35.4 Å². The molecule has 0 spiro atoms. The number of H-pyrrole nitrogens is 1. The molecule has 2 aromatic carbocycles. The number of aliphatic hydroxyl groups is 1. The molecule has 202 valence electrons. The topological polar surface area (TPSA) is 114 Å². The number of hydrogen-bond donors (Lipinski definition) is 3. The van der Waals surface area contributed by atoms with Gasteiger partial charge >= 0.3 is 29.6 Å². The number of alkyl halides is 3. The second kappa shape index (κ2) is 10.9. The molecule has 3 N–H and O–H groups in total. The fourth-order valence-corrected chi connectivity index (χ4v) is 3.97. The van der Waals surface area contributed by atoms with E-state index in [4.69, 9.17) is 21.1 Å². The minimum atomic E-state index is -4.89. The van der Waals surface area contributed by atoms with Crippen molar-refractivity contribution < 1.29 is 46.7 Å². The molecule has 4 aromatic rings. The highest BCUT2D eigenvalue weighted by Crippen LogP contribution is 2.28. The van der Waals surface area contributed by atoms with E-state index in [9.17, 15) is 28.2 Å². The molecule has 38 heavy (non-hydrogen) atoms. The molecule has 10 nitrogen and oxygen atoms in total. The van der Waals surface area contributed by atoms with Gasteiger partial charge in [-0.1, -0.05) is 29.8 Å². The van der Waals surface area contributed by atoms with Gasteiger partial charge in [-0.25, -0.2) is 4.79 Å². The van der Waals surface area contributed by atoms with E-state index in [0.717, 1.165) is 22.3 Å². The lowest BCUT2D eigenvalue weighted by atomic mass is 10.2. The molecule has 0 fully saturated rings. The van der Waals surface area contributed by atoms with Crippen LogP contribution in [0.3, 0.4) is 0 Å². The number of halogens is 4. The van der Waals surface area contributed by atoms with Crippen LogP contribution in [-0.4, -0.2) is 45.9 Å². The summed E-state index contributed by atoms with van der Waals surface area (Å²) in [6, 6.07) is 11.3. The molecule has 1 atom stereocenters. The highest BCUT2D eigenvalue weighted by Gasteiger charge is 2.34. The standard InChI is InChI=1S/C24H22ClF3N4O6/c1-30-20-19(21(34)32(23(30)35)12-18(13-33)36-2)31(11-14-6-8-15(25)9-7-14)22(29-20)37-16-4-3-5-17(10-16)38-24(26,27)28/h3-10,18,33H,11-13H2,1-2H3/p+2.